The molecule has 120 valence electrons. The molecular weight excluding hydrogens is 282 g/mol. The summed E-state index contributed by atoms with van der Waals surface area (Å²) in [4.78, 5) is 26.6. The number of nitro groups is 1. The van der Waals surface area contributed by atoms with Crippen molar-refractivity contribution in [2.75, 3.05) is 26.2 Å². The first-order valence-corrected chi connectivity index (χ1v) is 7.79. The second-order valence-electron chi connectivity index (χ2n) is 5.65. The monoisotopic (exact) mass is 305 g/mol. The summed E-state index contributed by atoms with van der Waals surface area (Å²) in [7, 11) is 0. The molecule has 1 aliphatic heterocycles. The Morgan fingerprint density at radius 3 is 2.77 bits per heavy atom. The Bertz CT molecular complexity index is 547. The minimum absolute atomic E-state index is 0.108. The van der Waals surface area contributed by atoms with E-state index in [9.17, 15) is 14.9 Å². The molecular formula is C16H23N3O3. The fraction of sp³-hybridized carbons (Fsp3) is 0.562. The third kappa shape index (κ3) is 3.82. The van der Waals surface area contributed by atoms with E-state index in [2.05, 4.69) is 11.8 Å². The summed E-state index contributed by atoms with van der Waals surface area (Å²) >= 11 is 0. The van der Waals surface area contributed by atoms with Crippen molar-refractivity contribution in [1.82, 2.24) is 9.80 Å². The highest BCUT2D eigenvalue weighted by atomic mass is 16.6. The van der Waals surface area contributed by atoms with Gasteiger partial charge in [-0.15, -0.1) is 0 Å². The third-order valence-corrected chi connectivity index (χ3v) is 4.30. The fourth-order valence-electron chi connectivity index (χ4n) is 2.91. The number of carbonyl (C=O) groups is 1. The second kappa shape index (κ2) is 7.35. The van der Waals surface area contributed by atoms with Gasteiger partial charge in [-0.05, 0) is 18.9 Å². The highest BCUT2D eigenvalue weighted by molar-refractivity contribution is 5.75. The van der Waals surface area contributed by atoms with Crippen LogP contribution in [0.5, 0.6) is 0 Å². The van der Waals surface area contributed by atoms with Crippen molar-refractivity contribution in [3.63, 3.8) is 0 Å². The van der Waals surface area contributed by atoms with Gasteiger partial charge in [0.25, 0.3) is 5.69 Å². The number of carbonyl (C=O) groups excluding carboxylic acids is 1. The van der Waals surface area contributed by atoms with E-state index in [-0.39, 0.29) is 22.6 Å². The lowest BCUT2D eigenvalue weighted by Gasteiger charge is -2.28. The molecule has 1 aromatic rings. The number of hydrogen-bond acceptors (Lipinski definition) is 4. The van der Waals surface area contributed by atoms with Crippen LogP contribution in [-0.2, 0) is 4.79 Å². The van der Waals surface area contributed by atoms with Gasteiger partial charge in [-0.2, -0.15) is 0 Å². The predicted octanol–water partition coefficient (Wildman–Crippen LogP) is 2.60. The Kier molecular flexibility index (Phi) is 5.49. The highest BCUT2D eigenvalue weighted by Crippen LogP contribution is 2.25. The molecule has 0 aliphatic carbocycles. The number of non-ortho nitro benzene ring substituents is 1. The standard InChI is InChI=1S/C16H23N3O3/c1-3-16(20)18-9-5-8-17(10-11-18)13(2)14-6-4-7-15(12-14)19(21)22/h4,6-7,12-13H,3,5,8-11H2,1-2H3. The Hall–Kier alpha value is -1.95. The quantitative estimate of drug-likeness (QED) is 0.633. The van der Waals surface area contributed by atoms with Crippen LogP contribution in [0.25, 0.3) is 0 Å². The maximum atomic E-state index is 11.8. The molecule has 1 heterocycles. The van der Waals surface area contributed by atoms with E-state index in [1.165, 1.54) is 6.07 Å². The second-order valence-corrected chi connectivity index (χ2v) is 5.65. The van der Waals surface area contributed by atoms with Gasteiger partial charge in [-0.25, -0.2) is 0 Å². The number of nitro benzene ring substituents is 1. The van der Waals surface area contributed by atoms with Crippen LogP contribution in [0.15, 0.2) is 24.3 Å². The van der Waals surface area contributed by atoms with Crippen LogP contribution in [0.1, 0.15) is 38.3 Å². The number of rotatable bonds is 4. The Morgan fingerprint density at radius 2 is 2.09 bits per heavy atom. The van der Waals surface area contributed by atoms with Crippen LogP contribution in [0, 0.1) is 10.1 Å². The highest BCUT2D eigenvalue weighted by Gasteiger charge is 2.22. The van der Waals surface area contributed by atoms with E-state index in [1.54, 1.807) is 12.1 Å². The average molecular weight is 305 g/mol. The summed E-state index contributed by atoms with van der Waals surface area (Å²) in [5.74, 6) is 0.199. The first-order valence-electron chi connectivity index (χ1n) is 7.79. The molecule has 0 spiro atoms. The van der Waals surface area contributed by atoms with E-state index in [4.69, 9.17) is 0 Å². The molecule has 22 heavy (non-hydrogen) atoms. The SMILES string of the molecule is CCC(=O)N1CCCN(C(C)c2cccc([N+](=O)[O-])c2)CC1. The molecule has 6 heteroatoms. The zero-order valence-electron chi connectivity index (χ0n) is 13.2. The summed E-state index contributed by atoms with van der Waals surface area (Å²) in [6.45, 7) is 7.18. The van der Waals surface area contributed by atoms with Crippen LogP contribution in [0.2, 0.25) is 0 Å². The molecule has 1 fully saturated rings. The molecule has 1 aromatic carbocycles. The van der Waals surface area contributed by atoms with Crippen LogP contribution in [0.3, 0.4) is 0 Å². The Balaban J connectivity index is 2.06. The average Bonchev–Trinajstić information content (AvgIpc) is 2.79. The maximum absolute atomic E-state index is 11.8. The normalized spacial score (nSPS) is 17.8. The summed E-state index contributed by atoms with van der Waals surface area (Å²) < 4.78 is 0. The van der Waals surface area contributed by atoms with Gasteiger partial charge in [0.2, 0.25) is 5.91 Å². The lowest BCUT2D eigenvalue weighted by molar-refractivity contribution is -0.384. The molecule has 6 nitrogen and oxygen atoms in total. The van der Waals surface area contributed by atoms with Crippen molar-refractivity contribution in [2.24, 2.45) is 0 Å². The molecule has 1 amide bonds. The maximum Gasteiger partial charge on any atom is 0.269 e. The zero-order chi connectivity index (χ0) is 16.1. The minimum atomic E-state index is -0.361. The van der Waals surface area contributed by atoms with Crippen molar-refractivity contribution >= 4 is 11.6 Å². The smallest absolute Gasteiger partial charge is 0.269 e. The Labute approximate surface area is 130 Å². The first kappa shape index (κ1) is 16.4. The van der Waals surface area contributed by atoms with Gasteiger partial charge >= 0.3 is 0 Å². The van der Waals surface area contributed by atoms with Crippen molar-refractivity contribution < 1.29 is 9.72 Å². The lowest BCUT2D eigenvalue weighted by atomic mass is 10.1. The molecule has 0 N–H and O–H groups in total. The van der Waals surface area contributed by atoms with E-state index >= 15 is 0 Å². The topological polar surface area (TPSA) is 66.7 Å². The zero-order valence-corrected chi connectivity index (χ0v) is 13.2. The van der Waals surface area contributed by atoms with Gasteiger partial charge in [-0.3, -0.25) is 19.8 Å². The van der Waals surface area contributed by atoms with Gasteiger partial charge in [0, 0.05) is 50.8 Å². The largest absolute Gasteiger partial charge is 0.341 e. The molecule has 1 atom stereocenters. The van der Waals surface area contributed by atoms with Gasteiger partial charge in [0.05, 0.1) is 4.92 Å². The molecule has 0 aromatic heterocycles. The summed E-state index contributed by atoms with van der Waals surface area (Å²) in [6.07, 6.45) is 1.48. The van der Waals surface area contributed by atoms with Crippen LogP contribution < -0.4 is 0 Å². The molecule has 1 aliphatic rings. The van der Waals surface area contributed by atoms with Crippen molar-refractivity contribution in [2.45, 2.75) is 32.7 Å². The first-order chi connectivity index (χ1) is 10.5. The number of nitrogens with zero attached hydrogens (tertiary/aromatic N) is 3. The van der Waals surface area contributed by atoms with Gasteiger partial charge < -0.3 is 4.90 Å². The van der Waals surface area contributed by atoms with Crippen LogP contribution in [-0.4, -0.2) is 46.8 Å². The van der Waals surface area contributed by atoms with Gasteiger partial charge in [0.15, 0.2) is 0 Å². The van der Waals surface area contributed by atoms with Crippen LogP contribution >= 0.6 is 0 Å². The minimum Gasteiger partial charge on any atom is -0.341 e. The summed E-state index contributed by atoms with van der Waals surface area (Å²) in [5.41, 5.74) is 1.08. The molecule has 0 bridgehead atoms. The predicted molar refractivity (Wildman–Crippen MR) is 84.6 cm³/mol. The van der Waals surface area contributed by atoms with Gasteiger partial charge in [0.1, 0.15) is 0 Å². The van der Waals surface area contributed by atoms with Crippen molar-refractivity contribution in [3.05, 3.63) is 39.9 Å². The van der Waals surface area contributed by atoms with E-state index in [0.717, 1.165) is 38.2 Å². The summed E-state index contributed by atoms with van der Waals surface area (Å²) in [5, 5.41) is 10.9. The van der Waals surface area contributed by atoms with E-state index in [0.29, 0.717) is 6.42 Å². The molecule has 1 unspecified atom stereocenters. The molecule has 1 saturated heterocycles. The Morgan fingerprint density at radius 1 is 1.32 bits per heavy atom. The number of benzene rings is 1. The third-order valence-electron chi connectivity index (χ3n) is 4.30. The molecule has 2 rings (SSSR count). The lowest BCUT2D eigenvalue weighted by Crippen LogP contribution is -2.35. The molecule has 0 saturated carbocycles. The number of hydrogen-bond donors (Lipinski definition) is 0. The summed E-state index contributed by atoms with van der Waals surface area (Å²) in [6, 6.07) is 6.92. The molecule has 0 radical (unpaired) electrons. The van der Waals surface area contributed by atoms with E-state index in [1.807, 2.05) is 17.9 Å². The van der Waals surface area contributed by atoms with E-state index < -0.39 is 0 Å². The fourth-order valence-corrected chi connectivity index (χ4v) is 2.91. The van der Waals surface area contributed by atoms with Crippen LogP contribution in [0.4, 0.5) is 5.69 Å². The van der Waals surface area contributed by atoms with Crippen molar-refractivity contribution in [1.29, 1.82) is 0 Å². The number of amides is 1. The van der Waals surface area contributed by atoms with Crippen molar-refractivity contribution in [3.8, 4) is 0 Å². The van der Waals surface area contributed by atoms with Gasteiger partial charge in [-0.1, -0.05) is 19.1 Å².